The average Bonchev–Trinajstić information content (AvgIpc) is 2.80. The standard InChI is InChI=1S/C25H23F3N2O3/c26-25(27,28)20-11-14-23(30-17-20)33-21-12-9-19(10-13-21)15-16-29-24(32)22(31)8-4-7-18-5-2-1-3-6-18/h1-3,5-6,9-14,17H,4,7-8,15-16H2,(H,29,32). The molecule has 0 unspecified atom stereocenters. The van der Waals surface area contributed by atoms with Crippen molar-refractivity contribution in [3.05, 3.63) is 89.6 Å². The molecule has 1 heterocycles. The summed E-state index contributed by atoms with van der Waals surface area (Å²) in [6.45, 7) is 0.309. The number of hydrogen-bond donors (Lipinski definition) is 1. The first-order chi connectivity index (χ1) is 15.8. The molecule has 2 aromatic carbocycles. The largest absolute Gasteiger partial charge is 0.439 e. The molecule has 3 aromatic rings. The Labute approximate surface area is 189 Å². The van der Waals surface area contributed by atoms with Gasteiger partial charge in [0.1, 0.15) is 5.75 Å². The van der Waals surface area contributed by atoms with Gasteiger partial charge in [0.05, 0.1) is 5.56 Å². The molecule has 0 saturated heterocycles. The van der Waals surface area contributed by atoms with Crippen LogP contribution in [0.3, 0.4) is 0 Å². The Balaban J connectivity index is 1.38. The van der Waals surface area contributed by atoms with Crippen molar-refractivity contribution >= 4 is 11.7 Å². The predicted molar refractivity (Wildman–Crippen MR) is 117 cm³/mol. The Hall–Kier alpha value is -3.68. The lowest BCUT2D eigenvalue weighted by atomic mass is 10.1. The molecule has 0 radical (unpaired) electrons. The Morgan fingerprint density at radius 1 is 0.879 bits per heavy atom. The van der Waals surface area contributed by atoms with Crippen molar-refractivity contribution in [2.24, 2.45) is 0 Å². The third-order valence-electron chi connectivity index (χ3n) is 4.87. The Morgan fingerprint density at radius 2 is 1.58 bits per heavy atom. The number of carbonyl (C=O) groups excluding carboxylic acids is 2. The third-order valence-corrected chi connectivity index (χ3v) is 4.87. The summed E-state index contributed by atoms with van der Waals surface area (Å²) >= 11 is 0. The minimum atomic E-state index is -4.45. The normalized spacial score (nSPS) is 11.1. The van der Waals surface area contributed by atoms with Gasteiger partial charge in [-0.05, 0) is 48.6 Å². The van der Waals surface area contributed by atoms with Gasteiger partial charge in [-0.2, -0.15) is 13.2 Å². The van der Waals surface area contributed by atoms with E-state index in [2.05, 4.69) is 10.3 Å². The van der Waals surface area contributed by atoms with E-state index in [0.29, 0.717) is 25.1 Å². The molecule has 8 heteroatoms. The summed E-state index contributed by atoms with van der Waals surface area (Å²) in [7, 11) is 0. The average molecular weight is 456 g/mol. The number of hydrogen-bond acceptors (Lipinski definition) is 4. The van der Waals surface area contributed by atoms with E-state index in [4.69, 9.17) is 4.74 Å². The zero-order chi connectivity index (χ0) is 23.7. The van der Waals surface area contributed by atoms with E-state index in [9.17, 15) is 22.8 Å². The monoisotopic (exact) mass is 456 g/mol. The first kappa shape index (κ1) is 24.0. The second-order valence-electron chi connectivity index (χ2n) is 7.40. The molecule has 1 amide bonds. The number of pyridine rings is 1. The lowest BCUT2D eigenvalue weighted by Crippen LogP contribution is -2.32. The molecule has 0 aliphatic carbocycles. The van der Waals surface area contributed by atoms with Gasteiger partial charge in [-0.1, -0.05) is 42.5 Å². The summed E-state index contributed by atoms with van der Waals surface area (Å²) in [6.07, 6.45) is -1.65. The fourth-order valence-electron chi connectivity index (χ4n) is 3.08. The van der Waals surface area contributed by atoms with Crippen LogP contribution >= 0.6 is 0 Å². The van der Waals surface area contributed by atoms with E-state index in [-0.39, 0.29) is 12.3 Å². The SMILES string of the molecule is O=C(CCCc1ccccc1)C(=O)NCCc1ccc(Oc2ccc(C(F)(F)F)cn2)cc1. The Morgan fingerprint density at radius 3 is 2.21 bits per heavy atom. The van der Waals surface area contributed by atoms with E-state index in [0.717, 1.165) is 35.9 Å². The fraction of sp³-hybridized carbons (Fsp3) is 0.240. The number of carbonyl (C=O) groups is 2. The molecule has 0 bridgehead atoms. The van der Waals surface area contributed by atoms with Crippen molar-refractivity contribution in [2.45, 2.75) is 31.9 Å². The summed E-state index contributed by atoms with van der Waals surface area (Å²) in [5.41, 5.74) is 1.19. The fourth-order valence-corrected chi connectivity index (χ4v) is 3.08. The molecule has 1 aromatic heterocycles. The summed E-state index contributed by atoms with van der Waals surface area (Å²) in [6, 6.07) is 18.7. The highest BCUT2D eigenvalue weighted by molar-refractivity contribution is 6.36. The number of benzene rings is 2. The number of aryl methyl sites for hydroxylation is 1. The van der Waals surface area contributed by atoms with Crippen LogP contribution in [0.5, 0.6) is 11.6 Å². The van der Waals surface area contributed by atoms with E-state index in [1.807, 2.05) is 30.3 Å². The summed E-state index contributed by atoms with van der Waals surface area (Å²) < 4.78 is 43.2. The third kappa shape index (κ3) is 7.75. The number of amides is 1. The van der Waals surface area contributed by atoms with Crippen LogP contribution in [-0.2, 0) is 28.6 Å². The first-order valence-corrected chi connectivity index (χ1v) is 10.5. The minimum Gasteiger partial charge on any atom is -0.439 e. The zero-order valence-corrected chi connectivity index (χ0v) is 17.8. The number of nitrogens with zero attached hydrogens (tertiary/aromatic N) is 1. The minimum absolute atomic E-state index is 0.0498. The Kier molecular flexibility index (Phi) is 8.18. The molecule has 0 aliphatic rings. The van der Waals surface area contributed by atoms with Gasteiger partial charge in [-0.15, -0.1) is 0 Å². The van der Waals surface area contributed by atoms with Gasteiger partial charge in [-0.3, -0.25) is 9.59 Å². The maximum atomic E-state index is 12.6. The van der Waals surface area contributed by atoms with Crippen molar-refractivity contribution < 1.29 is 27.5 Å². The number of rotatable bonds is 10. The van der Waals surface area contributed by atoms with Crippen molar-refractivity contribution in [1.29, 1.82) is 0 Å². The number of ketones is 1. The van der Waals surface area contributed by atoms with E-state index >= 15 is 0 Å². The molecule has 0 atom stereocenters. The molecule has 172 valence electrons. The number of nitrogens with one attached hydrogen (secondary N) is 1. The number of aromatic nitrogens is 1. The van der Waals surface area contributed by atoms with Gasteiger partial charge in [0.2, 0.25) is 11.7 Å². The van der Waals surface area contributed by atoms with Crippen LogP contribution in [0.25, 0.3) is 0 Å². The molecular weight excluding hydrogens is 433 g/mol. The lowest BCUT2D eigenvalue weighted by Gasteiger charge is -2.09. The van der Waals surface area contributed by atoms with Gasteiger partial charge in [-0.25, -0.2) is 4.98 Å². The van der Waals surface area contributed by atoms with Crippen LogP contribution in [-0.4, -0.2) is 23.2 Å². The van der Waals surface area contributed by atoms with E-state index < -0.39 is 23.4 Å². The maximum absolute atomic E-state index is 12.6. The van der Waals surface area contributed by atoms with E-state index in [1.54, 1.807) is 24.3 Å². The lowest BCUT2D eigenvalue weighted by molar-refractivity contribution is -0.137. The van der Waals surface area contributed by atoms with Crippen LogP contribution < -0.4 is 10.1 Å². The number of alkyl halides is 3. The van der Waals surface area contributed by atoms with Crippen LogP contribution in [0.4, 0.5) is 13.2 Å². The van der Waals surface area contributed by atoms with Crippen LogP contribution in [0, 0.1) is 0 Å². The first-order valence-electron chi connectivity index (χ1n) is 10.5. The molecule has 5 nitrogen and oxygen atoms in total. The topological polar surface area (TPSA) is 68.3 Å². The van der Waals surface area contributed by atoms with Gasteiger partial charge in [0.25, 0.3) is 5.91 Å². The molecule has 0 saturated carbocycles. The highest BCUT2D eigenvalue weighted by Crippen LogP contribution is 2.30. The van der Waals surface area contributed by atoms with Gasteiger partial charge >= 0.3 is 6.18 Å². The van der Waals surface area contributed by atoms with Gasteiger partial charge in [0.15, 0.2) is 0 Å². The van der Waals surface area contributed by atoms with Crippen LogP contribution in [0.2, 0.25) is 0 Å². The molecule has 3 rings (SSSR count). The molecule has 33 heavy (non-hydrogen) atoms. The molecule has 1 N–H and O–H groups in total. The van der Waals surface area contributed by atoms with Crippen LogP contribution in [0.15, 0.2) is 72.9 Å². The predicted octanol–water partition coefficient (Wildman–Crippen LogP) is 5.14. The van der Waals surface area contributed by atoms with Crippen molar-refractivity contribution in [1.82, 2.24) is 10.3 Å². The molecular formula is C25H23F3N2O3. The highest BCUT2D eigenvalue weighted by atomic mass is 19.4. The highest BCUT2D eigenvalue weighted by Gasteiger charge is 2.30. The number of halogens is 3. The molecule has 0 spiro atoms. The van der Waals surface area contributed by atoms with Gasteiger partial charge < -0.3 is 10.1 Å². The smallest absolute Gasteiger partial charge is 0.417 e. The van der Waals surface area contributed by atoms with Crippen LogP contribution in [0.1, 0.15) is 29.5 Å². The second kappa shape index (κ2) is 11.3. The summed E-state index contributed by atoms with van der Waals surface area (Å²) in [5.74, 6) is -0.549. The van der Waals surface area contributed by atoms with Crippen molar-refractivity contribution in [3.63, 3.8) is 0 Å². The summed E-state index contributed by atoms with van der Waals surface area (Å²) in [4.78, 5) is 27.6. The molecule has 0 fully saturated rings. The number of Topliss-reactive ketones (excluding diaryl/α,β-unsaturated/α-hetero) is 1. The Bertz CT molecular complexity index is 1050. The second-order valence-corrected chi connectivity index (χ2v) is 7.40. The van der Waals surface area contributed by atoms with Crippen molar-refractivity contribution in [2.75, 3.05) is 6.54 Å². The number of ether oxygens (including phenoxy) is 1. The summed E-state index contributed by atoms with van der Waals surface area (Å²) in [5, 5.41) is 2.63. The quantitative estimate of drug-likeness (QED) is 0.429. The van der Waals surface area contributed by atoms with Crippen molar-refractivity contribution in [3.8, 4) is 11.6 Å². The van der Waals surface area contributed by atoms with Gasteiger partial charge in [0, 0.05) is 25.2 Å². The van der Waals surface area contributed by atoms with E-state index in [1.165, 1.54) is 0 Å². The zero-order valence-electron chi connectivity index (χ0n) is 17.8. The molecule has 0 aliphatic heterocycles. The maximum Gasteiger partial charge on any atom is 0.417 e.